The van der Waals surface area contributed by atoms with Crippen molar-refractivity contribution in [3.05, 3.63) is 40.3 Å². The maximum atomic E-state index is 4.46. The topological polar surface area (TPSA) is 60.0 Å². The molecule has 0 bridgehead atoms. The molecule has 0 aromatic carbocycles. The zero-order valence-corrected chi connectivity index (χ0v) is 12.9. The second kappa shape index (κ2) is 5.24. The minimum atomic E-state index is 0.614. The zero-order valence-electron chi connectivity index (χ0n) is 11.3. The summed E-state index contributed by atoms with van der Waals surface area (Å²) in [7, 11) is 1.93. The molecule has 3 heterocycles. The molecule has 6 nitrogen and oxygen atoms in total. The first-order valence-electron chi connectivity index (χ1n) is 6.43. The number of aromatic nitrogens is 5. The maximum Gasteiger partial charge on any atom is 0.243 e. The normalized spacial score (nSPS) is 11.2. The number of halogens is 1. The van der Waals surface area contributed by atoms with E-state index in [1.807, 2.05) is 36.3 Å². The van der Waals surface area contributed by atoms with Gasteiger partial charge in [0.1, 0.15) is 0 Å². The third-order valence-electron chi connectivity index (χ3n) is 3.08. The van der Waals surface area contributed by atoms with Crippen LogP contribution in [0.2, 0.25) is 0 Å². The molecule has 3 rings (SSSR count). The fourth-order valence-corrected chi connectivity index (χ4v) is 2.57. The molecular weight excluding hydrogens is 320 g/mol. The summed E-state index contributed by atoms with van der Waals surface area (Å²) in [4.78, 5) is 4.46. The summed E-state index contributed by atoms with van der Waals surface area (Å²) in [6, 6.07) is 3.87. The van der Waals surface area contributed by atoms with Crippen molar-refractivity contribution in [1.29, 1.82) is 0 Å². The van der Waals surface area contributed by atoms with E-state index in [0.717, 1.165) is 22.2 Å². The molecule has 0 radical (unpaired) electrons. The molecule has 0 unspecified atom stereocenters. The molecule has 3 aromatic rings. The Bertz CT molecular complexity index is 744. The van der Waals surface area contributed by atoms with E-state index in [1.165, 1.54) is 5.56 Å². The molecule has 7 heteroatoms. The van der Waals surface area contributed by atoms with Gasteiger partial charge in [0.05, 0.1) is 10.2 Å². The summed E-state index contributed by atoms with van der Waals surface area (Å²) in [5.74, 6) is 0.614. The molecule has 0 aliphatic rings. The van der Waals surface area contributed by atoms with Crippen LogP contribution in [0.4, 0.5) is 5.95 Å². The predicted octanol–water partition coefficient (Wildman–Crippen LogP) is 2.40. The first kappa shape index (κ1) is 13.1. The van der Waals surface area contributed by atoms with Crippen LogP contribution in [0.3, 0.4) is 0 Å². The first-order chi connectivity index (χ1) is 9.67. The summed E-state index contributed by atoms with van der Waals surface area (Å²) in [5, 5.41) is 12.1. The van der Waals surface area contributed by atoms with Gasteiger partial charge in [0.15, 0.2) is 5.65 Å². The number of nitrogens with zero attached hydrogens (tertiary/aromatic N) is 5. The SMILES string of the molecule is CCc1nn(C)cc1CNc1nc2c(Br)cccn2n1. The van der Waals surface area contributed by atoms with Crippen LogP contribution in [0, 0.1) is 0 Å². The van der Waals surface area contributed by atoms with Crippen molar-refractivity contribution in [3.8, 4) is 0 Å². The highest BCUT2D eigenvalue weighted by molar-refractivity contribution is 9.10. The van der Waals surface area contributed by atoms with Gasteiger partial charge in [0, 0.05) is 31.5 Å². The lowest BCUT2D eigenvalue weighted by Gasteiger charge is -2.00. The van der Waals surface area contributed by atoms with Gasteiger partial charge in [-0.05, 0) is 34.5 Å². The van der Waals surface area contributed by atoms with Gasteiger partial charge in [-0.15, -0.1) is 5.10 Å². The van der Waals surface area contributed by atoms with Crippen molar-refractivity contribution in [1.82, 2.24) is 24.4 Å². The van der Waals surface area contributed by atoms with E-state index >= 15 is 0 Å². The first-order valence-corrected chi connectivity index (χ1v) is 7.23. The van der Waals surface area contributed by atoms with E-state index in [0.29, 0.717) is 12.5 Å². The Labute approximate surface area is 124 Å². The van der Waals surface area contributed by atoms with Crippen LogP contribution < -0.4 is 5.32 Å². The lowest BCUT2D eigenvalue weighted by molar-refractivity contribution is 0.746. The van der Waals surface area contributed by atoms with Gasteiger partial charge in [0.2, 0.25) is 5.95 Å². The molecule has 0 atom stereocenters. The number of hydrogen-bond acceptors (Lipinski definition) is 4. The van der Waals surface area contributed by atoms with E-state index in [2.05, 4.69) is 43.4 Å². The molecule has 0 aliphatic carbocycles. The Morgan fingerprint density at radius 2 is 2.20 bits per heavy atom. The monoisotopic (exact) mass is 334 g/mol. The number of fused-ring (bicyclic) bond motifs is 1. The van der Waals surface area contributed by atoms with Crippen LogP contribution in [0.25, 0.3) is 5.65 Å². The van der Waals surface area contributed by atoms with Crippen molar-refractivity contribution in [2.75, 3.05) is 5.32 Å². The van der Waals surface area contributed by atoms with Crippen molar-refractivity contribution in [3.63, 3.8) is 0 Å². The Balaban J connectivity index is 1.81. The van der Waals surface area contributed by atoms with Gasteiger partial charge in [0.25, 0.3) is 0 Å². The molecule has 0 fully saturated rings. The van der Waals surface area contributed by atoms with Gasteiger partial charge in [-0.1, -0.05) is 6.92 Å². The van der Waals surface area contributed by atoms with Crippen LogP contribution in [-0.4, -0.2) is 24.4 Å². The largest absolute Gasteiger partial charge is 0.349 e. The highest BCUT2D eigenvalue weighted by Crippen LogP contribution is 2.17. The van der Waals surface area contributed by atoms with Crippen LogP contribution >= 0.6 is 15.9 Å². The number of aryl methyl sites for hydroxylation is 2. The van der Waals surface area contributed by atoms with Crippen LogP contribution in [-0.2, 0) is 20.0 Å². The van der Waals surface area contributed by atoms with Gasteiger partial charge in [-0.2, -0.15) is 10.1 Å². The van der Waals surface area contributed by atoms with Crippen molar-refractivity contribution in [2.45, 2.75) is 19.9 Å². The Morgan fingerprint density at radius 1 is 1.35 bits per heavy atom. The maximum absolute atomic E-state index is 4.46. The highest BCUT2D eigenvalue weighted by Gasteiger charge is 2.09. The quantitative estimate of drug-likeness (QED) is 0.795. The smallest absolute Gasteiger partial charge is 0.243 e. The number of pyridine rings is 1. The zero-order chi connectivity index (χ0) is 14.1. The number of rotatable bonds is 4. The molecule has 0 spiro atoms. The second-order valence-corrected chi connectivity index (χ2v) is 5.40. The molecule has 104 valence electrons. The lowest BCUT2D eigenvalue weighted by atomic mass is 10.2. The Morgan fingerprint density at radius 3 is 2.95 bits per heavy atom. The fourth-order valence-electron chi connectivity index (χ4n) is 2.15. The average Bonchev–Trinajstić information content (AvgIpc) is 3.00. The minimum absolute atomic E-state index is 0.614. The highest BCUT2D eigenvalue weighted by atomic mass is 79.9. The number of anilines is 1. The molecule has 0 saturated carbocycles. The third-order valence-corrected chi connectivity index (χ3v) is 3.70. The molecule has 20 heavy (non-hydrogen) atoms. The average molecular weight is 335 g/mol. The lowest BCUT2D eigenvalue weighted by Crippen LogP contribution is -2.02. The number of nitrogens with one attached hydrogen (secondary N) is 1. The summed E-state index contributed by atoms with van der Waals surface area (Å²) in [6.07, 6.45) is 4.82. The Kier molecular flexibility index (Phi) is 3.43. The van der Waals surface area contributed by atoms with Gasteiger partial charge >= 0.3 is 0 Å². The van der Waals surface area contributed by atoms with Gasteiger partial charge in [-0.3, -0.25) is 4.68 Å². The Hall–Kier alpha value is -1.89. The summed E-state index contributed by atoms with van der Waals surface area (Å²) in [6.45, 7) is 2.78. The summed E-state index contributed by atoms with van der Waals surface area (Å²) >= 11 is 3.47. The summed E-state index contributed by atoms with van der Waals surface area (Å²) in [5.41, 5.74) is 3.08. The molecule has 0 amide bonds. The van der Waals surface area contributed by atoms with Crippen LogP contribution in [0.5, 0.6) is 0 Å². The van der Waals surface area contributed by atoms with Crippen molar-refractivity contribution < 1.29 is 0 Å². The van der Waals surface area contributed by atoms with Crippen LogP contribution in [0.1, 0.15) is 18.2 Å². The number of hydrogen-bond donors (Lipinski definition) is 1. The van der Waals surface area contributed by atoms with E-state index in [-0.39, 0.29) is 0 Å². The third kappa shape index (κ3) is 2.40. The predicted molar refractivity (Wildman–Crippen MR) is 80.6 cm³/mol. The fraction of sp³-hybridized carbons (Fsp3) is 0.308. The molecule has 0 saturated heterocycles. The van der Waals surface area contributed by atoms with E-state index < -0.39 is 0 Å². The molecule has 0 aliphatic heterocycles. The van der Waals surface area contributed by atoms with Gasteiger partial charge < -0.3 is 5.32 Å². The van der Waals surface area contributed by atoms with Gasteiger partial charge in [-0.25, -0.2) is 4.52 Å². The summed E-state index contributed by atoms with van der Waals surface area (Å²) < 4.78 is 4.51. The second-order valence-electron chi connectivity index (χ2n) is 4.54. The van der Waals surface area contributed by atoms with E-state index in [9.17, 15) is 0 Å². The van der Waals surface area contributed by atoms with Crippen molar-refractivity contribution >= 4 is 27.5 Å². The molecule has 3 aromatic heterocycles. The van der Waals surface area contributed by atoms with E-state index in [1.54, 1.807) is 4.52 Å². The molecule has 1 N–H and O–H groups in total. The molecular formula is C13H15BrN6. The standard InChI is InChI=1S/C13H15BrN6/c1-3-11-9(8-19(2)17-11)7-15-13-16-12-10(14)5-4-6-20(12)18-13/h4-6,8H,3,7H2,1-2H3,(H,15,18). The van der Waals surface area contributed by atoms with Crippen molar-refractivity contribution in [2.24, 2.45) is 7.05 Å². The van der Waals surface area contributed by atoms with Crippen LogP contribution in [0.15, 0.2) is 29.0 Å². The minimum Gasteiger partial charge on any atom is -0.349 e. The van der Waals surface area contributed by atoms with E-state index in [4.69, 9.17) is 0 Å².